The maximum atomic E-state index is 12.4. The van der Waals surface area contributed by atoms with Crippen molar-refractivity contribution >= 4 is 0 Å². The van der Waals surface area contributed by atoms with Crippen LogP contribution in [0.4, 0.5) is 4.39 Å². The van der Waals surface area contributed by atoms with E-state index in [1.165, 1.54) is 0 Å². The Labute approximate surface area is 48.1 Å². The fourth-order valence-electron chi connectivity index (χ4n) is 1.06. The fourth-order valence-corrected chi connectivity index (χ4v) is 1.06. The molecule has 0 aromatic rings. The van der Waals surface area contributed by atoms with Crippen LogP contribution in [-0.2, 0) is 0 Å². The Morgan fingerprint density at radius 3 is 2.50 bits per heavy atom. The van der Waals surface area contributed by atoms with Gasteiger partial charge in [0.25, 0.3) is 0 Å². The molecule has 1 aliphatic carbocycles. The maximum absolute atomic E-state index is 12.4. The second-order valence-corrected chi connectivity index (χ2v) is 2.18. The first kappa shape index (κ1) is 5.55. The minimum absolute atomic E-state index is 0.296. The summed E-state index contributed by atoms with van der Waals surface area (Å²) in [5.41, 5.74) is 0. The summed E-state index contributed by atoms with van der Waals surface area (Å²) in [5.74, 6) is -0.296. The summed E-state index contributed by atoms with van der Waals surface area (Å²) in [6.45, 7) is 0. The molecule has 0 aromatic carbocycles. The van der Waals surface area contributed by atoms with Crippen molar-refractivity contribution in [2.75, 3.05) is 0 Å². The Bertz CT molecular complexity index is 116. The van der Waals surface area contributed by atoms with Gasteiger partial charge in [0.05, 0.1) is 12.0 Å². The second kappa shape index (κ2) is 2.13. The molecule has 1 saturated carbocycles. The van der Waals surface area contributed by atoms with Crippen LogP contribution in [0.1, 0.15) is 19.3 Å². The molecule has 0 N–H and O–H groups in total. The average molecular weight is 113 g/mol. The van der Waals surface area contributed by atoms with Gasteiger partial charge in [-0.15, -0.1) is 0 Å². The monoisotopic (exact) mass is 113 g/mol. The molecule has 1 nitrogen and oxygen atoms in total. The van der Waals surface area contributed by atoms with Crippen molar-refractivity contribution in [1.82, 2.24) is 0 Å². The lowest BCUT2D eigenvalue weighted by Crippen LogP contribution is -2.03. The average Bonchev–Trinajstić information content (AvgIpc) is 2.14. The number of nitrogens with zero attached hydrogens (tertiary/aromatic N) is 1. The molecule has 0 bridgehead atoms. The molecule has 44 valence electrons. The first-order valence-electron chi connectivity index (χ1n) is 2.88. The fraction of sp³-hybridized carbons (Fsp3) is 0.833. The van der Waals surface area contributed by atoms with E-state index in [1.807, 2.05) is 6.07 Å². The van der Waals surface area contributed by atoms with Gasteiger partial charge < -0.3 is 0 Å². The molecule has 0 spiro atoms. The smallest absolute Gasteiger partial charge is 0.116 e. The van der Waals surface area contributed by atoms with Gasteiger partial charge in [0, 0.05) is 0 Å². The molecule has 2 heteroatoms. The Morgan fingerprint density at radius 2 is 2.25 bits per heavy atom. The van der Waals surface area contributed by atoms with Gasteiger partial charge in [0.15, 0.2) is 0 Å². The van der Waals surface area contributed by atoms with Gasteiger partial charge >= 0.3 is 0 Å². The Morgan fingerprint density at radius 1 is 1.50 bits per heavy atom. The Balaban J connectivity index is 2.45. The van der Waals surface area contributed by atoms with Gasteiger partial charge in [0.1, 0.15) is 6.17 Å². The van der Waals surface area contributed by atoms with Gasteiger partial charge in [-0.1, -0.05) is 0 Å². The normalized spacial score (nSPS) is 37.0. The van der Waals surface area contributed by atoms with Crippen LogP contribution in [0.2, 0.25) is 0 Å². The van der Waals surface area contributed by atoms with Gasteiger partial charge in [-0.3, -0.25) is 0 Å². The lowest BCUT2D eigenvalue weighted by molar-refractivity contribution is 0.301. The topological polar surface area (TPSA) is 23.8 Å². The van der Waals surface area contributed by atoms with Crippen molar-refractivity contribution < 1.29 is 4.39 Å². The van der Waals surface area contributed by atoms with Gasteiger partial charge in [0.2, 0.25) is 0 Å². The first-order valence-corrected chi connectivity index (χ1v) is 2.88. The van der Waals surface area contributed by atoms with Crippen LogP contribution in [0.25, 0.3) is 0 Å². The highest BCUT2D eigenvalue weighted by atomic mass is 19.1. The molecular formula is C6H8FN. The molecule has 0 heterocycles. The highest BCUT2D eigenvalue weighted by Gasteiger charge is 2.25. The van der Waals surface area contributed by atoms with Crippen molar-refractivity contribution in [3.8, 4) is 6.07 Å². The SMILES string of the molecule is N#CC1CCCC1F. The molecule has 0 saturated heterocycles. The van der Waals surface area contributed by atoms with E-state index in [0.717, 1.165) is 12.8 Å². The molecule has 1 rings (SSSR count). The Hall–Kier alpha value is -0.580. The standard InChI is InChI=1S/C6H8FN/c7-6-3-1-2-5(6)4-8/h5-6H,1-3H2. The second-order valence-electron chi connectivity index (χ2n) is 2.18. The Kier molecular flexibility index (Phi) is 1.48. The summed E-state index contributed by atoms with van der Waals surface area (Å²) >= 11 is 0. The van der Waals surface area contributed by atoms with Gasteiger partial charge in [-0.25, -0.2) is 4.39 Å². The summed E-state index contributed by atoms with van der Waals surface area (Å²) in [6, 6.07) is 1.94. The minimum Gasteiger partial charge on any atom is -0.246 e. The third-order valence-electron chi connectivity index (χ3n) is 1.60. The first-order chi connectivity index (χ1) is 3.84. The number of hydrogen-bond acceptors (Lipinski definition) is 1. The van der Waals surface area contributed by atoms with E-state index in [2.05, 4.69) is 0 Å². The third kappa shape index (κ3) is 0.812. The van der Waals surface area contributed by atoms with Crippen molar-refractivity contribution in [3.05, 3.63) is 0 Å². The summed E-state index contributed by atoms with van der Waals surface area (Å²) < 4.78 is 12.4. The highest BCUT2D eigenvalue weighted by molar-refractivity contribution is 4.92. The van der Waals surface area contributed by atoms with Crippen molar-refractivity contribution in [2.45, 2.75) is 25.4 Å². The molecule has 0 amide bonds. The predicted molar refractivity (Wildman–Crippen MR) is 27.8 cm³/mol. The van der Waals surface area contributed by atoms with Crippen LogP contribution in [0.5, 0.6) is 0 Å². The number of rotatable bonds is 0. The molecule has 2 atom stereocenters. The van der Waals surface area contributed by atoms with E-state index in [-0.39, 0.29) is 5.92 Å². The minimum atomic E-state index is -0.833. The molecule has 2 unspecified atom stereocenters. The molecule has 0 aromatic heterocycles. The molecule has 1 fully saturated rings. The number of nitriles is 1. The van der Waals surface area contributed by atoms with E-state index in [0.29, 0.717) is 6.42 Å². The van der Waals surface area contributed by atoms with E-state index in [4.69, 9.17) is 5.26 Å². The van der Waals surface area contributed by atoms with Crippen LogP contribution < -0.4 is 0 Å². The van der Waals surface area contributed by atoms with E-state index >= 15 is 0 Å². The van der Waals surface area contributed by atoms with E-state index in [1.54, 1.807) is 0 Å². The zero-order valence-corrected chi connectivity index (χ0v) is 4.60. The van der Waals surface area contributed by atoms with Crippen molar-refractivity contribution in [3.63, 3.8) is 0 Å². The van der Waals surface area contributed by atoms with Crippen molar-refractivity contribution in [2.24, 2.45) is 5.92 Å². The summed E-state index contributed by atoms with van der Waals surface area (Å²) in [5, 5.41) is 8.25. The van der Waals surface area contributed by atoms with E-state index in [9.17, 15) is 4.39 Å². The van der Waals surface area contributed by atoms with Crippen LogP contribution >= 0.6 is 0 Å². The summed E-state index contributed by atoms with van der Waals surface area (Å²) in [4.78, 5) is 0. The largest absolute Gasteiger partial charge is 0.246 e. The van der Waals surface area contributed by atoms with Crippen LogP contribution in [0.15, 0.2) is 0 Å². The zero-order valence-electron chi connectivity index (χ0n) is 4.60. The van der Waals surface area contributed by atoms with Gasteiger partial charge in [-0.2, -0.15) is 5.26 Å². The third-order valence-corrected chi connectivity index (χ3v) is 1.60. The number of halogens is 1. The van der Waals surface area contributed by atoms with Crippen LogP contribution in [0.3, 0.4) is 0 Å². The molecule has 0 aliphatic heterocycles. The summed E-state index contributed by atoms with van der Waals surface area (Å²) in [7, 11) is 0. The lowest BCUT2D eigenvalue weighted by Gasteiger charge is -1.97. The molecular weight excluding hydrogens is 105 g/mol. The number of hydrogen-bond donors (Lipinski definition) is 0. The maximum Gasteiger partial charge on any atom is 0.116 e. The van der Waals surface area contributed by atoms with Crippen LogP contribution in [-0.4, -0.2) is 6.17 Å². The summed E-state index contributed by atoms with van der Waals surface area (Å²) in [6.07, 6.45) is 1.41. The van der Waals surface area contributed by atoms with Crippen molar-refractivity contribution in [1.29, 1.82) is 5.26 Å². The van der Waals surface area contributed by atoms with Crippen LogP contribution in [0, 0.1) is 17.2 Å². The molecule has 8 heavy (non-hydrogen) atoms. The lowest BCUT2D eigenvalue weighted by atomic mass is 10.1. The quantitative estimate of drug-likeness (QED) is 0.468. The molecule has 0 radical (unpaired) electrons. The molecule has 1 aliphatic rings. The zero-order chi connectivity index (χ0) is 5.98. The predicted octanol–water partition coefficient (Wildman–Crippen LogP) is 1.65. The van der Waals surface area contributed by atoms with Gasteiger partial charge in [-0.05, 0) is 19.3 Å². The number of alkyl halides is 1. The highest BCUT2D eigenvalue weighted by Crippen LogP contribution is 2.26. The van der Waals surface area contributed by atoms with E-state index < -0.39 is 6.17 Å².